The number of esters is 1. The zero-order valence-electron chi connectivity index (χ0n) is 8.76. The molecule has 0 bridgehead atoms. The van der Waals surface area contributed by atoms with E-state index in [9.17, 15) is 4.79 Å². The molecule has 0 aromatic heterocycles. The van der Waals surface area contributed by atoms with E-state index in [2.05, 4.69) is 11.3 Å². The van der Waals surface area contributed by atoms with Crippen LogP contribution in [0.2, 0.25) is 0 Å². The topological polar surface area (TPSA) is 26.3 Å². The number of hydrogen-bond donors (Lipinski definition) is 0. The second-order valence-electron chi connectivity index (χ2n) is 3.35. The summed E-state index contributed by atoms with van der Waals surface area (Å²) in [7, 11) is 1.36. The summed E-state index contributed by atoms with van der Waals surface area (Å²) in [5, 5.41) is 0. The van der Waals surface area contributed by atoms with E-state index in [1.165, 1.54) is 7.11 Å². The van der Waals surface area contributed by atoms with Crippen LogP contribution in [0.3, 0.4) is 0 Å². The first kappa shape index (κ1) is 10.5. The summed E-state index contributed by atoms with van der Waals surface area (Å²) in [6.07, 6.45) is 0. The highest BCUT2D eigenvalue weighted by molar-refractivity contribution is 6.15. The van der Waals surface area contributed by atoms with Gasteiger partial charge in [-0.1, -0.05) is 35.9 Å². The molecule has 0 spiro atoms. The lowest BCUT2D eigenvalue weighted by Crippen LogP contribution is -2.02. The van der Waals surface area contributed by atoms with E-state index < -0.39 is 0 Å². The van der Waals surface area contributed by atoms with E-state index in [0.717, 1.165) is 16.7 Å². The normalized spacial score (nSPS) is 9.64. The summed E-state index contributed by atoms with van der Waals surface area (Å²) in [4.78, 5) is 11.2. The fourth-order valence-electron chi connectivity index (χ4n) is 1.39. The maximum Gasteiger partial charge on any atom is 0.337 e. The van der Waals surface area contributed by atoms with Gasteiger partial charge in [0.1, 0.15) is 0 Å². The van der Waals surface area contributed by atoms with Gasteiger partial charge in [-0.25, -0.2) is 4.79 Å². The van der Waals surface area contributed by atoms with E-state index in [1.54, 1.807) is 0 Å². The molecule has 0 N–H and O–H groups in total. The lowest BCUT2D eigenvalue weighted by atomic mass is 10.0. The predicted octanol–water partition coefficient (Wildman–Crippen LogP) is 2.49. The molecule has 0 saturated carbocycles. The minimum atomic E-state index is -0.380. The summed E-state index contributed by atoms with van der Waals surface area (Å²) in [6, 6.07) is 5.90. The Morgan fingerprint density at radius 2 is 1.71 bits per heavy atom. The highest BCUT2D eigenvalue weighted by Gasteiger charge is 2.09. The number of benzene rings is 1. The van der Waals surface area contributed by atoms with Crippen LogP contribution in [0.5, 0.6) is 0 Å². The SMILES string of the molecule is C=C(C(=O)OC)c1cc(C)cc(C)c1. The lowest BCUT2D eigenvalue weighted by Gasteiger charge is -2.06. The summed E-state index contributed by atoms with van der Waals surface area (Å²) in [5.74, 6) is -0.380. The molecule has 0 radical (unpaired) electrons. The molecule has 74 valence electrons. The standard InChI is InChI=1S/C12H14O2/c1-8-5-9(2)7-11(6-8)10(3)12(13)14-4/h5-7H,3H2,1-2,4H3. The third-order valence-electron chi connectivity index (χ3n) is 2.00. The Hall–Kier alpha value is -1.57. The molecule has 0 fully saturated rings. The molecule has 0 atom stereocenters. The van der Waals surface area contributed by atoms with Crippen molar-refractivity contribution in [1.29, 1.82) is 0 Å². The third-order valence-corrected chi connectivity index (χ3v) is 2.00. The highest BCUT2D eigenvalue weighted by Crippen LogP contribution is 2.17. The van der Waals surface area contributed by atoms with Gasteiger partial charge in [0.2, 0.25) is 0 Å². The quantitative estimate of drug-likeness (QED) is 0.529. The van der Waals surface area contributed by atoms with Crippen molar-refractivity contribution in [3.05, 3.63) is 41.5 Å². The van der Waals surface area contributed by atoms with Crippen molar-refractivity contribution in [1.82, 2.24) is 0 Å². The molecule has 0 amide bonds. The smallest absolute Gasteiger partial charge is 0.337 e. The van der Waals surface area contributed by atoms with Crippen molar-refractivity contribution in [2.45, 2.75) is 13.8 Å². The highest BCUT2D eigenvalue weighted by atomic mass is 16.5. The molecule has 1 rings (SSSR count). The summed E-state index contributed by atoms with van der Waals surface area (Å²) >= 11 is 0. The Morgan fingerprint density at radius 3 is 2.14 bits per heavy atom. The van der Waals surface area contributed by atoms with Crippen LogP contribution < -0.4 is 0 Å². The van der Waals surface area contributed by atoms with Crippen molar-refractivity contribution < 1.29 is 9.53 Å². The number of ether oxygens (including phenoxy) is 1. The monoisotopic (exact) mass is 190 g/mol. The maximum absolute atomic E-state index is 11.2. The van der Waals surface area contributed by atoms with Crippen LogP contribution in [-0.4, -0.2) is 13.1 Å². The van der Waals surface area contributed by atoms with E-state index >= 15 is 0 Å². The Bertz CT molecular complexity index is 358. The van der Waals surface area contributed by atoms with Crippen molar-refractivity contribution in [2.24, 2.45) is 0 Å². The number of aryl methyl sites for hydroxylation is 2. The average molecular weight is 190 g/mol. The van der Waals surface area contributed by atoms with Crippen LogP contribution in [0.25, 0.3) is 5.57 Å². The molecule has 1 aromatic rings. The van der Waals surface area contributed by atoms with Crippen molar-refractivity contribution in [3.8, 4) is 0 Å². The molecule has 0 aliphatic carbocycles. The van der Waals surface area contributed by atoms with Gasteiger partial charge in [0.05, 0.1) is 12.7 Å². The number of carbonyl (C=O) groups is 1. The number of hydrogen-bond acceptors (Lipinski definition) is 2. The Balaban J connectivity index is 3.07. The molecular weight excluding hydrogens is 176 g/mol. The fraction of sp³-hybridized carbons (Fsp3) is 0.250. The molecule has 2 nitrogen and oxygen atoms in total. The molecule has 0 aliphatic heterocycles. The van der Waals surface area contributed by atoms with Crippen LogP contribution in [-0.2, 0) is 9.53 Å². The zero-order chi connectivity index (χ0) is 10.7. The van der Waals surface area contributed by atoms with E-state index in [-0.39, 0.29) is 5.97 Å². The first-order valence-corrected chi connectivity index (χ1v) is 4.40. The Morgan fingerprint density at radius 1 is 1.21 bits per heavy atom. The van der Waals surface area contributed by atoms with Gasteiger partial charge in [-0.2, -0.15) is 0 Å². The molecule has 0 saturated heterocycles. The van der Waals surface area contributed by atoms with Crippen LogP contribution in [0.4, 0.5) is 0 Å². The molecule has 1 aromatic carbocycles. The number of methoxy groups -OCH3 is 1. The van der Waals surface area contributed by atoms with Crippen LogP contribution in [0.15, 0.2) is 24.8 Å². The van der Waals surface area contributed by atoms with Gasteiger partial charge >= 0.3 is 5.97 Å². The van der Waals surface area contributed by atoms with Crippen LogP contribution in [0.1, 0.15) is 16.7 Å². The zero-order valence-corrected chi connectivity index (χ0v) is 8.76. The van der Waals surface area contributed by atoms with Gasteiger partial charge in [-0.15, -0.1) is 0 Å². The molecule has 14 heavy (non-hydrogen) atoms. The van der Waals surface area contributed by atoms with E-state index in [0.29, 0.717) is 5.57 Å². The summed E-state index contributed by atoms with van der Waals surface area (Å²) < 4.78 is 4.61. The lowest BCUT2D eigenvalue weighted by molar-refractivity contribution is -0.133. The van der Waals surface area contributed by atoms with E-state index in [4.69, 9.17) is 0 Å². The van der Waals surface area contributed by atoms with Gasteiger partial charge in [-0.05, 0) is 19.4 Å². The third kappa shape index (κ3) is 2.22. The molecule has 2 heteroatoms. The predicted molar refractivity (Wildman–Crippen MR) is 57.0 cm³/mol. The van der Waals surface area contributed by atoms with Crippen molar-refractivity contribution in [3.63, 3.8) is 0 Å². The second kappa shape index (κ2) is 4.09. The van der Waals surface area contributed by atoms with Gasteiger partial charge in [0, 0.05) is 0 Å². The van der Waals surface area contributed by atoms with Crippen LogP contribution in [0, 0.1) is 13.8 Å². The Kier molecular flexibility index (Phi) is 3.07. The summed E-state index contributed by atoms with van der Waals surface area (Å²) in [6.45, 7) is 7.68. The maximum atomic E-state index is 11.2. The first-order chi connectivity index (χ1) is 6.54. The molecular formula is C12H14O2. The van der Waals surface area contributed by atoms with Gasteiger partial charge in [-0.3, -0.25) is 0 Å². The van der Waals surface area contributed by atoms with Gasteiger partial charge in [0.15, 0.2) is 0 Å². The second-order valence-corrected chi connectivity index (χ2v) is 3.35. The number of rotatable bonds is 2. The first-order valence-electron chi connectivity index (χ1n) is 4.40. The Labute approximate surface area is 84.2 Å². The largest absolute Gasteiger partial charge is 0.465 e. The average Bonchev–Trinajstić information content (AvgIpc) is 2.14. The molecule has 0 aliphatic rings. The minimum absolute atomic E-state index is 0.380. The molecule has 0 unspecified atom stereocenters. The van der Waals surface area contributed by atoms with Crippen molar-refractivity contribution in [2.75, 3.05) is 7.11 Å². The van der Waals surface area contributed by atoms with Crippen LogP contribution >= 0.6 is 0 Å². The fourth-order valence-corrected chi connectivity index (χ4v) is 1.39. The minimum Gasteiger partial charge on any atom is -0.465 e. The number of carbonyl (C=O) groups excluding carboxylic acids is 1. The van der Waals surface area contributed by atoms with Crippen molar-refractivity contribution >= 4 is 11.5 Å². The van der Waals surface area contributed by atoms with Gasteiger partial charge < -0.3 is 4.74 Å². The van der Waals surface area contributed by atoms with E-state index in [1.807, 2.05) is 32.0 Å². The molecule has 0 heterocycles. The summed E-state index contributed by atoms with van der Waals surface area (Å²) in [5.41, 5.74) is 3.46. The van der Waals surface area contributed by atoms with Gasteiger partial charge in [0.25, 0.3) is 0 Å².